The van der Waals surface area contributed by atoms with Crippen molar-refractivity contribution in [3.8, 4) is 0 Å². The Hall–Kier alpha value is -0.0400. The van der Waals surface area contributed by atoms with Gasteiger partial charge in [-0.2, -0.15) is 0 Å². The standard InChI is InChI=1S/C14H25N3O.HI/c1-2-15-14(16-9-10-4-3-5-10)17-12-8-11-6-7-13(12)18-11;/h10-13H,2-9H2,1H3,(H2,15,16,17);1H. The van der Waals surface area contributed by atoms with Crippen LogP contribution in [0.2, 0.25) is 0 Å². The molecular formula is C14H26IN3O. The van der Waals surface area contributed by atoms with E-state index in [1.807, 2.05) is 0 Å². The molecular weight excluding hydrogens is 353 g/mol. The van der Waals surface area contributed by atoms with E-state index in [1.54, 1.807) is 0 Å². The molecule has 0 aromatic carbocycles. The van der Waals surface area contributed by atoms with E-state index in [0.717, 1.165) is 31.4 Å². The van der Waals surface area contributed by atoms with Crippen LogP contribution in [0.1, 0.15) is 45.4 Å². The monoisotopic (exact) mass is 379 g/mol. The molecule has 4 nitrogen and oxygen atoms in total. The summed E-state index contributed by atoms with van der Waals surface area (Å²) in [5.41, 5.74) is 0. The highest BCUT2D eigenvalue weighted by Gasteiger charge is 2.41. The lowest BCUT2D eigenvalue weighted by atomic mass is 9.86. The van der Waals surface area contributed by atoms with E-state index in [2.05, 4.69) is 17.6 Å². The Balaban J connectivity index is 0.00000133. The van der Waals surface area contributed by atoms with E-state index < -0.39 is 0 Å². The first-order valence-corrected chi connectivity index (χ1v) is 7.55. The van der Waals surface area contributed by atoms with E-state index in [9.17, 15) is 0 Å². The average molecular weight is 379 g/mol. The van der Waals surface area contributed by atoms with Crippen LogP contribution in [-0.2, 0) is 4.74 Å². The molecule has 2 N–H and O–H groups in total. The highest BCUT2D eigenvalue weighted by Crippen LogP contribution is 2.34. The van der Waals surface area contributed by atoms with Gasteiger partial charge < -0.3 is 15.4 Å². The Labute approximate surface area is 133 Å². The van der Waals surface area contributed by atoms with Crippen molar-refractivity contribution in [2.75, 3.05) is 13.1 Å². The molecule has 3 unspecified atom stereocenters. The summed E-state index contributed by atoms with van der Waals surface area (Å²) in [5.74, 6) is 1.82. The molecule has 2 heterocycles. The fourth-order valence-electron chi connectivity index (χ4n) is 3.18. The van der Waals surface area contributed by atoms with Crippen molar-refractivity contribution in [2.45, 2.75) is 63.7 Å². The van der Waals surface area contributed by atoms with E-state index >= 15 is 0 Å². The van der Waals surface area contributed by atoms with Crippen LogP contribution in [0.4, 0.5) is 0 Å². The third-order valence-electron chi connectivity index (χ3n) is 4.50. The van der Waals surface area contributed by atoms with E-state index in [1.165, 1.54) is 32.1 Å². The summed E-state index contributed by atoms with van der Waals surface area (Å²) in [6, 6.07) is 0.475. The fourth-order valence-corrected chi connectivity index (χ4v) is 3.18. The average Bonchev–Trinajstić information content (AvgIpc) is 2.89. The number of nitrogens with zero attached hydrogens (tertiary/aromatic N) is 1. The molecule has 0 aromatic heterocycles. The van der Waals surface area contributed by atoms with Crippen LogP contribution in [0.25, 0.3) is 0 Å². The highest BCUT2D eigenvalue weighted by molar-refractivity contribution is 14.0. The topological polar surface area (TPSA) is 45.7 Å². The summed E-state index contributed by atoms with van der Waals surface area (Å²) in [7, 11) is 0. The predicted octanol–water partition coefficient (Wildman–Crippen LogP) is 2.28. The van der Waals surface area contributed by atoms with Gasteiger partial charge in [0.25, 0.3) is 0 Å². The summed E-state index contributed by atoms with van der Waals surface area (Å²) >= 11 is 0. The Morgan fingerprint density at radius 3 is 2.63 bits per heavy atom. The van der Waals surface area contributed by atoms with Crippen molar-refractivity contribution in [2.24, 2.45) is 10.9 Å². The quantitative estimate of drug-likeness (QED) is 0.448. The largest absolute Gasteiger partial charge is 0.373 e. The number of hydrogen-bond acceptors (Lipinski definition) is 2. The van der Waals surface area contributed by atoms with Crippen LogP contribution in [0.3, 0.4) is 0 Å². The summed E-state index contributed by atoms with van der Waals surface area (Å²) in [5, 5.41) is 6.92. The highest BCUT2D eigenvalue weighted by atomic mass is 127. The van der Waals surface area contributed by atoms with Crippen LogP contribution in [-0.4, -0.2) is 37.3 Å². The Bertz CT molecular complexity index is 320. The number of halogens is 1. The van der Waals surface area contributed by atoms with Gasteiger partial charge in [0.2, 0.25) is 0 Å². The van der Waals surface area contributed by atoms with Gasteiger partial charge >= 0.3 is 0 Å². The smallest absolute Gasteiger partial charge is 0.191 e. The number of nitrogens with one attached hydrogen (secondary N) is 2. The fraction of sp³-hybridized carbons (Fsp3) is 0.929. The molecule has 2 saturated heterocycles. The maximum absolute atomic E-state index is 5.88. The maximum Gasteiger partial charge on any atom is 0.191 e. The number of rotatable bonds is 4. The zero-order valence-electron chi connectivity index (χ0n) is 11.7. The van der Waals surface area contributed by atoms with Gasteiger partial charge in [-0.15, -0.1) is 24.0 Å². The molecule has 2 bridgehead atoms. The van der Waals surface area contributed by atoms with Crippen molar-refractivity contribution in [1.82, 2.24) is 10.6 Å². The molecule has 0 aromatic rings. The van der Waals surface area contributed by atoms with Crippen molar-refractivity contribution in [1.29, 1.82) is 0 Å². The van der Waals surface area contributed by atoms with E-state index in [0.29, 0.717) is 18.2 Å². The van der Waals surface area contributed by atoms with E-state index in [-0.39, 0.29) is 24.0 Å². The molecule has 19 heavy (non-hydrogen) atoms. The van der Waals surface area contributed by atoms with Gasteiger partial charge in [-0.1, -0.05) is 6.42 Å². The normalized spacial score (nSPS) is 33.7. The number of hydrogen-bond donors (Lipinski definition) is 2. The number of aliphatic imine (C=N–C) groups is 1. The van der Waals surface area contributed by atoms with Crippen molar-refractivity contribution < 1.29 is 4.74 Å². The molecule has 1 aliphatic carbocycles. The molecule has 3 aliphatic rings. The van der Waals surface area contributed by atoms with Gasteiger partial charge in [-0.25, -0.2) is 0 Å². The molecule has 0 spiro atoms. The van der Waals surface area contributed by atoms with Gasteiger partial charge in [-0.05, 0) is 44.9 Å². The molecule has 5 heteroatoms. The molecule has 110 valence electrons. The van der Waals surface area contributed by atoms with E-state index in [4.69, 9.17) is 9.73 Å². The van der Waals surface area contributed by atoms with Gasteiger partial charge in [0.15, 0.2) is 5.96 Å². The Kier molecular flexibility index (Phi) is 5.74. The number of fused-ring (bicyclic) bond motifs is 2. The lowest BCUT2D eigenvalue weighted by molar-refractivity contribution is 0.0992. The van der Waals surface area contributed by atoms with Gasteiger partial charge in [0.05, 0.1) is 18.2 Å². The van der Waals surface area contributed by atoms with Gasteiger partial charge in [0, 0.05) is 13.1 Å². The molecule has 2 aliphatic heterocycles. The Morgan fingerprint density at radius 2 is 2.11 bits per heavy atom. The SMILES string of the molecule is CCNC(=NCC1CCC1)NC1CC2CCC1O2.I. The molecule has 0 radical (unpaired) electrons. The second kappa shape index (κ2) is 7.11. The summed E-state index contributed by atoms with van der Waals surface area (Å²) in [6.07, 6.45) is 8.65. The molecule has 3 fully saturated rings. The minimum Gasteiger partial charge on any atom is -0.373 e. The first-order chi connectivity index (χ1) is 8.85. The maximum atomic E-state index is 5.88. The van der Waals surface area contributed by atoms with Gasteiger partial charge in [-0.3, -0.25) is 4.99 Å². The van der Waals surface area contributed by atoms with Crippen molar-refractivity contribution in [3.63, 3.8) is 0 Å². The first kappa shape index (κ1) is 15.4. The third-order valence-corrected chi connectivity index (χ3v) is 4.50. The van der Waals surface area contributed by atoms with Crippen LogP contribution in [0.15, 0.2) is 4.99 Å². The van der Waals surface area contributed by atoms with Crippen LogP contribution in [0, 0.1) is 5.92 Å². The zero-order valence-corrected chi connectivity index (χ0v) is 14.1. The molecule has 3 rings (SSSR count). The number of guanidine groups is 1. The first-order valence-electron chi connectivity index (χ1n) is 7.55. The second-order valence-corrected chi connectivity index (χ2v) is 5.88. The van der Waals surface area contributed by atoms with Crippen LogP contribution >= 0.6 is 24.0 Å². The Morgan fingerprint density at radius 1 is 1.26 bits per heavy atom. The van der Waals surface area contributed by atoms with Gasteiger partial charge in [0.1, 0.15) is 0 Å². The zero-order chi connectivity index (χ0) is 12.4. The minimum absolute atomic E-state index is 0. The molecule has 1 saturated carbocycles. The molecule has 0 amide bonds. The lowest BCUT2D eigenvalue weighted by Gasteiger charge is -2.25. The lowest BCUT2D eigenvalue weighted by Crippen LogP contribution is -2.47. The van der Waals surface area contributed by atoms with Crippen LogP contribution in [0.5, 0.6) is 0 Å². The second-order valence-electron chi connectivity index (χ2n) is 5.88. The van der Waals surface area contributed by atoms with Crippen molar-refractivity contribution in [3.05, 3.63) is 0 Å². The van der Waals surface area contributed by atoms with Crippen molar-refractivity contribution >= 4 is 29.9 Å². The molecule has 3 atom stereocenters. The summed E-state index contributed by atoms with van der Waals surface area (Å²) in [6.45, 7) is 4.03. The third kappa shape index (κ3) is 3.74. The summed E-state index contributed by atoms with van der Waals surface area (Å²) in [4.78, 5) is 4.72. The minimum atomic E-state index is 0. The summed E-state index contributed by atoms with van der Waals surface area (Å²) < 4.78 is 5.88. The number of ether oxygens (including phenoxy) is 1. The predicted molar refractivity (Wildman–Crippen MR) is 88.2 cm³/mol. The van der Waals surface area contributed by atoms with Crippen LogP contribution < -0.4 is 10.6 Å².